The fourth-order valence-corrected chi connectivity index (χ4v) is 4.06. The van der Waals surface area contributed by atoms with E-state index < -0.39 is 12.6 Å². The molecule has 1 aliphatic heterocycles. The fourth-order valence-electron chi connectivity index (χ4n) is 4.06. The molecule has 1 unspecified atom stereocenters. The van der Waals surface area contributed by atoms with Gasteiger partial charge in [0.1, 0.15) is 5.75 Å². The largest absolute Gasteiger partial charge is 0.481 e. The molecule has 6 heteroatoms. The van der Waals surface area contributed by atoms with Crippen LogP contribution in [0.2, 0.25) is 0 Å². The van der Waals surface area contributed by atoms with Crippen molar-refractivity contribution in [1.29, 1.82) is 0 Å². The molecule has 1 aromatic rings. The summed E-state index contributed by atoms with van der Waals surface area (Å²) in [6, 6.07) is 3.57. The van der Waals surface area contributed by atoms with Crippen LogP contribution < -0.4 is 4.74 Å². The number of carbonyl (C=O) groups excluding carboxylic acids is 1. The third kappa shape index (κ3) is 4.18. The van der Waals surface area contributed by atoms with Crippen molar-refractivity contribution < 1.29 is 24.2 Å². The van der Waals surface area contributed by atoms with Gasteiger partial charge in [-0.2, -0.15) is 0 Å². The highest BCUT2D eigenvalue weighted by Crippen LogP contribution is 2.36. The number of rotatable bonds is 8. The van der Waals surface area contributed by atoms with Crippen molar-refractivity contribution in [2.45, 2.75) is 52.0 Å². The van der Waals surface area contributed by atoms with Crippen molar-refractivity contribution in [3.8, 4) is 5.75 Å². The zero-order valence-electron chi connectivity index (χ0n) is 16.1. The van der Waals surface area contributed by atoms with Crippen molar-refractivity contribution in [1.82, 2.24) is 4.90 Å². The van der Waals surface area contributed by atoms with Gasteiger partial charge in [0.15, 0.2) is 6.61 Å². The number of likely N-dealkylation sites (tertiary alicyclic amines) is 1. The van der Waals surface area contributed by atoms with Gasteiger partial charge < -0.3 is 19.5 Å². The van der Waals surface area contributed by atoms with Crippen molar-refractivity contribution >= 4 is 11.9 Å². The highest BCUT2D eigenvalue weighted by atomic mass is 16.5. The normalized spacial score (nSPS) is 19.6. The summed E-state index contributed by atoms with van der Waals surface area (Å²) in [6.07, 6.45) is 3.85. The Bertz CT molecular complexity index is 641. The van der Waals surface area contributed by atoms with Gasteiger partial charge in [0.25, 0.3) is 5.91 Å². The lowest BCUT2D eigenvalue weighted by atomic mass is 9.90. The molecule has 1 aliphatic rings. The number of ether oxygens (including phenoxy) is 2. The van der Waals surface area contributed by atoms with Crippen LogP contribution in [0, 0.1) is 13.8 Å². The van der Waals surface area contributed by atoms with Gasteiger partial charge in [-0.1, -0.05) is 13.3 Å². The van der Waals surface area contributed by atoms with Crippen LogP contribution in [0.1, 0.15) is 54.1 Å². The summed E-state index contributed by atoms with van der Waals surface area (Å²) in [5, 5.41) is 8.80. The molecule has 0 spiro atoms. The second kappa shape index (κ2) is 8.54. The number of carboxylic acids is 1. The van der Waals surface area contributed by atoms with Crippen molar-refractivity contribution in [2.24, 2.45) is 0 Å². The van der Waals surface area contributed by atoms with E-state index >= 15 is 0 Å². The minimum absolute atomic E-state index is 0.00369. The zero-order chi connectivity index (χ0) is 19.3. The lowest BCUT2D eigenvalue weighted by Crippen LogP contribution is -2.50. The molecule has 1 amide bonds. The predicted octanol–water partition coefficient (Wildman–Crippen LogP) is 3.19. The Labute approximate surface area is 155 Å². The van der Waals surface area contributed by atoms with Crippen molar-refractivity contribution in [3.63, 3.8) is 0 Å². The summed E-state index contributed by atoms with van der Waals surface area (Å²) >= 11 is 0. The van der Waals surface area contributed by atoms with E-state index in [0.29, 0.717) is 17.9 Å². The highest BCUT2D eigenvalue weighted by Gasteiger charge is 2.43. The molecule has 144 valence electrons. The molecule has 26 heavy (non-hydrogen) atoms. The summed E-state index contributed by atoms with van der Waals surface area (Å²) in [5.41, 5.74) is 1.91. The van der Waals surface area contributed by atoms with E-state index in [1.807, 2.05) is 18.7 Å². The van der Waals surface area contributed by atoms with Crippen molar-refractivity contribution in [3.05, 3.63) is 28.8 Å². The minimum atomic E-state index is -1.02. The number of benzene rings is 1. The molecule has 0 radical (unpaired) electrons. The lowest BCUT2D eigenvalue weighted by Gasteiger charge is -2.38. The van der Waals surface area contributed by atoms with Crippen LogP contribution in [-0.4, -0.2) is 54.3 Å². The van der Waals surface area contributed by atoms with E-state index in [2.05, 4.69) is 6.92 Å². The molecule has 0 aromatic heterocycles. The maximum Gasteiger partial charge on any atom is 0.341 e. The molecule has 1 heterocycles. The first-order valence-electron chi connectivity index (χ1n) is 9.11. The van der Waals surface area contributed by atoms with E-state index in [1.54, 1.807) is 19.2 Å². The summed E-state index contributed by atoms with van der Waals surface area (Å²) in [4.78, 5) is 25.9. The average Bonchev–Trinajstić information content (AvgIpc) is 2.97. The summed E-state index contributed by atoms with van der Waals surface area (Å²) < 4.78 is 10.8. The SMILES string of the molecule is CCCC1(COC)CCCN1C(=O)c1cc(C)c(OCC(=O)O)c(C)c1. The summed E-state index contributed by atoms with van der Waals surface area (Å²) in [7, 11) is 1.68. The van der Waals surface area contributed by atoms with Crippen LogP contribution in [0.15, 0.2) is 12.1 Å². The van der Waals surface area contributed by atoms with Gasteiger partial charge in [-0.15, -0.1) is 0 Å². The molecule has 6 nitrogen and oxygen atoms in total. The van der Waals surface area contributed by atoms with Crippen LogP contribution >= 0.6 is 0 Å². The molecule has 1 fully saturated rings. The lowest BCUT2D eigenvalue weighted by molar-refractivity contribution is -0.139. The average molecular weight is 363 g/mol. The van der Waals surface area contributed by atoms with Crippen LogP contribution in [0.5, 0.6) is 5.75 Å². The number of methoxy groups -OCH3 is 1. The Morgan fingerprint density at radius 2 is 1.92 bits per heavy atom. The molecule has 1 atom stereocenters. The molecule has 0 bridgehead atoms. The maximum absolute atomic E-state index is 13.2. The number of nitrogens with zero attached hydrogens (tertiary/aromatic N) is 1. The van der Waals surface area contributed by atoms with Crippen molar-refractivity contribution in [2.75, 3.05) is 26.9 Å². The standard InChI is InChI=1S/C20H29NO5/c1-5-7-20(13-25-4)8-6-9-21(20)19(24)16-10-14(2)18(15(3)11-16)26-12-17(22)23/h10-11H,5-9,12-13H2,1-4H3,(H,22,23). The molecule has 0 saturated carbocycles. The molecule has 1 aromatic carbocycles. The minimum Gasteiger partial charge on any atom is -0.481 e. The molecular formula is C20H29NO5. The first-order chi connectivity index (χ1) is 12.3. The number of hydrogen-bond donors (Lipinski definition) is 1. The van der Waals surface area contributed by atoms with Gasteiger partial charge in [0, 0.05) is 19.2 Å². The van der Waals surface area contributed by atoms with Gasteiger partial charge in [0.05, 0.1) is 12.1 Å². The molecule has 1 saturated heterocycles. The Balaban J connectivity index is 2.29. The number of amides is 1. The fraction of sp³-hybridized carbons (Fsp3) is 0.600. The number of aryl methyl sites for hydroxylation is 2. The predicted molar refractivity (Wildman–Crippen MR) is 98.8 cm³/mol. The number of aliphatic carboxylic acids is 1. The summed E-state index contributed by atoms with van der Waals surface area (Å²) in [6.45, 7) is 6.68. The summed E-state index contributed by atoms with van der Waals surface area (Å²) in [5.74, 6) is -0.490. The quantitative estimate of drug-likeness (QED) is 0.768. The topological polar surface area (TPSA) is 76.1 Å². The smallest absolute Gasteiger partial charge is 0.341 e. The van der Waals surface area contributed by atoms with Gasteiger partial charge in [-0.25, -0.2) is 4.79 Å². The third-order valence-electron chi connectivity index (χ3n) is 5.02. The van der Waals surface area contributed by atoms with E-state index in [-0.39, 0.29) is 11.4 Å². The highest BCUT2D eigenvalue weighted by molar-refractivity contribution is 5.95. The van der Waals surface area contributed by atoms with E-state index in [1.165, 1.54) is 0 Å². The van der Waals surface area contributed by atoms with Crippen LogP contribution in [0.4, 0.5) is 0 Å². The van der Waals surface area contributed by atoms with Crippen LogP contribution in [0.3, 0.4) is 0 Å². The number of carboxylic acid groups (broad SMARTS) is 1. The number of carbonyl (C=O) groups is 2. The molecular weight excluding hydrogens is 334 g/mol. The zero-order valence-corrected chi connectivity index (χ0v) is 16.1. The third-order valence-corrected chi connectivity index (χ3v) is 5.02. The van der Waals surface area contributed by atoms with E-state index in [9.17, 15) is 9.59 Å². The second-order valence-corrected chi connectivity index (χ2v) is 7.09. The van der Waals surface area contributed by atoms with Gasteiger partial charge in [-0.3, -0.25) is 4.79 Å². The molecule has 2 rings (SSSR count). The molecule has 1 N–H and O–H groups in total. The number of hydrogen-bond acceptors (Lipinski definition) is 4. The van der Waals surface area contributed by atoms with E-state index in [4.69, 9.17) is 14.6 Å². The van der Waals surface area contributed by atoms with E-state index in [0.717, 1.165) is 43.4 Å². The Kier molecular flexibility index (Phi) is 6.64. The van der Waals surface area contributed by atoms with Gasteiger partial charge >= 0.3 is 5.97 Å². The first kappa shape index (κ1) is 20.2. The van der Waals surface area contributed by atoms with Gasteiger partial charge in [-0.05, 0) is 56.4 Å². The Morgan fingerprint density at radius 1 is 1.27 bits per heavy atom. The van der Waals surface area contributed by atoms with Crippen LogP contribution in [0.25, 0.3) is 0 Å². The first-order valence-corrected chi connectivity index (χ1v) is 9.11. The molecule has 0 aliphatic carbocycles. The second-order valence-electron chi connectivity index (χ2n) is 7.09. The van der Waals surface area contributed by atoms with Gasteiger partial charge in [0.2, 0.25) is 0 Å². The monoisotopic (exact) mass is 363 g/mol. The Hall–Kier alpha value is -2.08. The maximum atomic E-state index is 13.2. The van der Waals surface area contributed by atoms with Crippen LogP contribution in [-0.2, 0) is 9.53 Å². The Morgan fingerprint density at radius 3 is 2.46 bits per heavy atom.